The van der Waals surface area contributed by atoms with Gasteiger partial charge in [-0.3, -0.25) is 0 Å². The molecule has 0 atom stereocenters. The van der Waals surface area contributed by atoms with Gasteiger partial charge in [0.25, 0.3) is 0 Å². The van der Waals surface area contributed by atoms with E-state index in [1.54, 1.807) is 26.8 Å². The number of carbonyl (C=O) groups is 1. The molecule has 0 saturated carbocycles. The second-order valence-electron chi connectivity index (χ2n) is 4.29. The third-order valence-electron chi connectivity index (χ3n) is 1.65. The van der Waals surface area contributed by atoms with E-state index in [0.29, 0.717) is 8.95 Å². The second kappa shape index (κ2) is 7.03. The number of aromatic hydroxyl groups is 1. The number of esters is 1. The summed E-state index contributed by atoms with van der Waals surface area (Å²) in [6, 6.07) is 3.18. The molecule has 0 spiro atoms. The first kappa shape index (κ1) is 18.1. The van der Waals surface area contributed by atoms with Crippen molar-refractivity contribution in [3.8, 4) is 5.75 Å². The van der Waals surface area contributed by atoms with Crippen LogP contribution in [-0.4, -0.2) is 16.7 Å². The molecule has 6 heteroatoms. The van der Waals surface area contributed by atoms with Crippen molar-refractivity contribution in [1.82, 2.24) is 0 Å². The van der Waals surface area contributed by atoms with Gasteiger partial charge < -0.3 is 9.84 Å². The fraction of sp³-hybridized carbons (Fsp3) is 0.364. The first-order valence-electron chi connectivity index (χ1n) is 4.62. The van der Waals surface area contributed by atoms with Crippen LogP contribution in [0.3, 0.4) is 0 Å². The Morgan fingerprint density at radius 3 is 2.29 bits per heavy atom. The van der Waals surface area contributed by atoms with Crippen LogP contribution in [0.4, 0.5) is 0 Å². The minimum Gasteiger partial charge on any atom is -0.506 e. The topological polar surface area (TPSA) is 46.5 Å². The Kier molecular flexibility index (Phi) is 7.47. The number of phenols is 1. The van der Waals surface area contributed by atoms with E-state index >= 15 is 0 Å². The molecule has 3 nitrogen and oxygen atoms in total. The van der Waals surface area contributed by atoms with E-state index in [1.165, 1.54) is 6.07 Å². The molecule has 0 heterocycles. The van der Waals surface area contributed by atoms with Crippen LogP contribution in [-0.2, 0) is 4.74 Å². The van der Waals surface area contributed by atoms with E-state index < -0.39 is 11.6 Å². The van der Waals surface area contributed by atoms with Crippen molar-refractivity contribution in [2.24, 2.45) is 0 Å². The molecule has 1 N–H and O–H groups in total. The first-order chi connectivity index (χ1) is 7.20. The predicted octanol–water partition coefficient (Wildman–Crippen LogP) is 0.876. The van der Waals surface area contributed by atoms with Crippen LogP contribution in [0.15, 0.2) is 21.1 Å². The Labute approximate surface area is 160 Å². The molecule has 1 aromatic carbocycles. The normalized spacial score (nSPS) is 10.6. The number of phenolic OH excluding ortho intramolecular Hbond substituents is 1. The molecule has 0 fully saturated rings. The van der Waals surface area contributed by atoms with E-state index in [0.717, 1.165) is 0 Å². The largest absolute Gasteiger partial charge is 1.00 e. The van der Waals surface area contributed by atoms with Gasteiger partial charge in [0, 0.05) is 4.47 Å². The summed E-state index contributed by atoms with van der Waals surface area (Å²) in [4.78, 5) is 11.8. The minimum atomic E-state index is -0.585. The number of rotatable bonds is 1. The van der Waals surface area contributed by atoms with E-state index in [-0.39, 0.29) is 62.7 Å². The van der Waals surface area contributed by atoms with Crippen molar-refractivity contribution < 1.29 is 66.0 Å². The number of ether oxygens (including phenoxy) is 1. The van der Waals surface area contributed by atoms with Crippen molar-refractivity contribution in [3.63, 3.8) is 0 Å². The standard InChI is InChI=1S/C11H12Br2O3.K/c1-11(2,3)16-10(15)7-4-6(12)5-8(13)9(7)14;/h4-5,14H,1-3H3;/q;+1. The molecule has 0 unspecified atom stereocenters. The zero-order valence-corrected chi connectivity index (χ0v) is 16.5. The zero-order valence-electron chi connectivity index (χ0n) is 10.2. The summed E-state index contributed by atoms with van der Waals surface area (Å²) in [6.07, 6.45) is 0. The van der Waals surface area contributed by atoms with Crippen molar-refractivity contribution in [3.05, 3.63) is 26.6 Å². The number of hydrogen-bond acceptors (Lipinski definition) is 3. The van der Waals surface area contributed by atoms with Crippen LogP contribution in [0.2, 0.25) is 0 Å². The number of carbonyl (C=O) groups excluding carboxylic acids is 1. The van der Waals surface area contributed by atoms with Crippen LogP contribution in [0.1, 0.15) is 31.1 Å². The summed E-state index contributed by atoms with van der Waals surface area (Å²) in [5.41, 5.74) is -0.450. The van der Waals surface area contributed by atoms with Crippen LogP contribution in [0, 0.1) is 0 Å². The maximum Gasteiger partial charge on any atom is 1.00 e. The maximum atomic E-state index is 11.8. The molecule has 0 aliphatic carbocycles. The van der Waals surface area contributed by atoms with Crippen LogP contribution in [0.5, 0.6) is 5.75 Å². The summed E-state index contributed by atoms with van der Waals surface area (Å²) in [6.45, 7) is 5.32. The summed E-state index contributed by atoms with van der Waals surface area (Å²) in [7, 11) is 0. The third kappa shape index (κ3) is 5.71. The molecule has 0 saturated heterocycles. The first-order valence-corrected chi connectivity index (χ1v) is 6.20. The number of hydrogen-bond donors (Lipinski definition) is 1. The van der Waals surface area contributed by atoms with Crippen molar-refractivity contribution in [1.29, 1.82) is 0 Å². The molecule has 0 aliphatic heterocycles. The fourth-order valence-electron chi connectivity index (χ4n) is 1.05. The van der Waals surface area contributed by atoms with Crippen molar-refractivity contribution in [2.45, 2.75) is 26.4 Å². The summed E-state index contributed by atoms with van der Waals surface area (Å²) in [5.74, 6) is -0.663. The molecule has 0 radical (unpaired) electrons. The molecule has 88 valence electrons. The third-order valence-corrected chi connectivity index (χ3v) is 2.71. The minimum absolute atomic E-state index is 0. The SMILES string of the molecule is CC(C)(C)OC(=O)c1cc(Br)cc(Br)c1O.[K+]. The number of benzene rings is 1. The van der Waals surface area contributed by atoms with Gasteiger partial charge >= 0.3 is 57.4 Å². The Morgan fingerprint density at radius 1 is 1.29 bits per heavy atom. The molecule has 0 amide bonds. The van der Waals surface area contributed by atoms with Gasteiger partial charge in [0.1, 0.15) is 16.9 Å². The smallest absolute Gasteiger partial charge is 0.506 e. The Balaban J connectivity index is 0.00000256. The fourth-order valence-corrected chi connectivity index (χ4v) is 2.28. The van der Waals surface area contributed by atoms with E-state index in [4.69, 9.17) is 4.74 Å². The van der Waals surface area contributed by atoms with E-state index in [9.17, 15) is 9.90 Å². The molecule has 0 bridgehead atoms. The molecular formula is C11H12Br2KO3+. The molecule has 0 aliphatic rings. The Morgan fingerprint density at radius 2 is 1.82 bits per heavy atom. The Bertz CT molecular complexity index is 427. The van der Waals surface area contributed by atoms with Gasteiger partial charge in [-0.15, -0.1) is 0 Å². The Hall–Kier alpha value is 1.09. The van der Waals surface area contributed by atoms with Gasteiger partial charge in [-0.25, -0.2) is 4.79 Å². The predicted molar refractivity (Wildman–Crippen MR) is 68.7 cm³/mol. The van der Waals surface area contributed by atoms with E-state index in [2.05, 4.69) is 31.9 Å². The van der Waals surface area contributed by atoms with Crippen LogP contribution >= 0.6 is 31.9 Å². The number of halogens is 2. The van der Waals surface area contributed by atoms with Gasteiger partial charge in [-0.05, 0) is 48.8 Å². The average molecular weight is 391 g/mol. The molecular weight excluding hydrogens is 379 g/mol. The van der Waals surface area contributed by atoms with Gasteiger partial charge in [-0.2, -0.15) is 0 Å². The summed E-state index contributed by atoms with van der Waals surface area (Å²) < 4.78 is 6.31. The van der Waals surface area contributed by atoms with Crippen molar-refractivity contribution in [2.75, 3.05) is 0 Å². The van der Waals surface area contributed by atoms with Gasteiger partial charge in [0.15, 0.2) is 0 Å². The van der Waals surface area contributed by atoms with Crippen LogP contribution in [0.25, 0.3) is 0 Å². The van der Waals surface area contributed by atoms with Crippen molar-refractivity contribution >= 4 is 37.8 Å². The maximum absolute atomic E-state index is 11.8. The van der Waals surface area contributed by atoms with Gasteiger partial charge in [0.05, 0.1) is 4.47 Å². The molecule has 1 rings (SSSR count). The molecule has 0 aromatic heterocycles. The second-order valence-corrected chi connectivity index (χ2v) is 6.06. The van der Waals surface area contributed by atoms with Gasteiger partial charge in [-0.1, -0.05) is 15.9 Å². The molecule has 1 aromatic rings. The summed E-state index contributed by atoms with van der Waals surface area (Å²) >= 11 is 6.40. The average Bonchev–Trinajstić information content (AvgIpc) is 2.08. The van der Waals surface area contributed by atoms with Crippen LogP contribution < -0.4 is 51.4 Å². The monoisotopic (exact) mass is 389 g/mol. The summed E-state index contributed by atoms with van der Waals surface area (Å²) in [5, 5.41) is 9.72. The zero-order chi connectivity index (χ0) is 12.5. The van der Waals surface area contributed by atoms with E-state index in [1.807, 2.05) is 0 Å². The van der Waals surface area contributed by atoms with Gasteiger partial charge in [0.2, 0.25) is 0 Å². The quantitative estimate of drug-likeness (QED) is 0.571. The molecule has 17 heavy (non-hydrogen) atoms.